The number of halogens is 1. The smallest absolute Gasteiger partial charge is 0.239 e. The van der Waals surface area contributed by atoms with E-state index in [1.165, 1.54) is 31.2 Å². The Kier molecular flexibility index (Phi) is 10.4. The second-order valence-corrected chi connectivity index (χ2v) is 7.70. The van der Waals surface area contributed by atoms with Gasteiger partial charge in [0.1, 0.15) is 0 Å². The highest BCUT2D eigenvalue weighted by molar-refractivity contribution is 5.85. The molecular weight excluding hydrogens is 362 g/mol. The Morgan fingerprint density at radius 1 is 1.04 bits per heavy atom. The van der Waals surface area contributed by atoms with Crippen LogP contribution in [0.2, 0.25) is 0 Å². The maximum atomic E-state index is 11.9. The van der Waals surface area contributed by atoms with E-state index in [0.29, 0.717) is 24.8 Å². The summed E-state index contributed by atoms with van der Waals surface area (Å²) in [6, 6.07) is 7.92. The molecule has 1 atom stereocenters. The zero-order valence-corrected chi connectivity index (χ0v) is 17.3. The van der Waals surface area contributed by atoms with Gasteiger partial charge in [-0.25, -0.2) is 0 Å². The molecule has 6 heteroatoms. The first kappa shape index (κ1) is 23.4. The number of carbonyl (C=O) groups is 2. The molecule has 1 fully saturated rings. The summed E-state index contributed by atoms with van der Waals surface area (Å²) in [6.07, 6.45) is 6.50. The number of amides is 2. The Morgan fingerprint density at radius 2 is 1.63 bits per heavy atom. The van der Waals surface area contributed by atoms with E-state index >= 15 is 0 Å². The van der Waals surface area contributed by atoms with E-state index < -0.39 is 0 Å². The first-order valence-corrected chi connectivity index (χ1v) is 9.84. The lowest BCUT2D eigenvalue weighted by molar-refractivity contribution is -0.126. The number of hydrogen-bond donors (Lipinski definition) is 3. The van der Waals surface area contributed by atoms with Crippen molar-refractivity contribution in [2.45, 2.75) is 64.3 Å². The minimum Gasteiger partial charge on any atom is -0.353 e. The van der Waals surface area contributed by atoms with Crippen LogP contribution < -0.4 is 16.4 Å². The van der Waals surface area contributed by atoms with Gasteiger partial charge in [0.05, 0.1) is 6.54 Å². The topological polar surface area (TPSA) is 84.2 Å². The fraction of sp³-hybridized carbons (Fsp3) is 0.619. The average Bonchev–Trinajstić information content (AvgIpc) is 3.16. The highest BCUT2D eigenvalue weighted by Crippen LogP contribution is 2.28. The lowest BCUT2D eigenvalue weighted by Gasteiger charge is -2.15. The largest absolute Gasteiger partial charge is 0.353 e. The Labute approximate surface area is 169 Å². The van der Waals surface area contributed by atoms with E-state index in [1.807, 2.05) is 12.1 Å². The molecule has 1 aromatic rings. The van der Waals surface area contributed by atoms with Crippen LogP contribution in [0.1, 0.15) is 75.5 Å². The van der Waals surface area contributed by atoms with Crippen LogP contribution in [0.4, 0.5) is 0 Å². The molecule has 152 valence electrons. The van der Waals surface area contributed by atoms with E-state index in [-0.39, 0.29) is 36.8 Å². The van der Waals surface area contributed by atoms with Crippen LogP contribution >= 0.6 is 12.4 Å². The Hall–Kier alpha value is -1.59. The van der Waals surface area contributed by atoms with Gasteiger partial charge in [-0.1, -0.05) is 63.8 Å². The average molecular weight is 396 g/mol. The van der Waals surface area contributed by atoms with Gasteiger partial charge in [-0.2, -0.15) is 0 Å². The summed E-state index contributed by atoms with van der Waals surface area (Å²) in [5, 5.41) is 5.49. The highest BCUT2D eigenvalue weighted by atomic mass is 35.5. The fourth-order valence-electron chi connectivity index (χ4n) is 3.43. The van der Waals surface area contributed by atoms with Crippen LogP contribution in [-0.4, -0.2) is 24.9 Å². The van der Waals surface area contributed by atoms with Gasteiger partial charge in [0, 0.05) is 19.0 Å². The predicted molar refractivity (Wildman–Crippen MR) is 112 cm³/mol. The summed E-state index contributed by atoms with van der Waals surface area (Å²) in [6.45, 7) is 4.68. The summed E-state index contributed by atoms with van der Waals surface area (Å²) < 4.78 is 0. The summed E-state index contributed by atoms with van der Waals surface area (Å²) in [5.41, 5.74) is 8.41. The van der Waals surface area contributed by atoms with Crippen molar-refractivity contribution in [3.05, 3.63) is 35.4 Å². The predicted octanol–water partition coefficient (Wildman–Crippen LogP) is 3.43. The molecule has 27 heavy (non-hydrogen) atoms. The summed E-state index contributed by atoms with van der Waals surface area (Å²) >= 11 is 0. The van der Waals surface area contributed by atoms with Gasteiger partial charge in [-0.05, 0) is 29.4 Å². The minimum atomic E-state index is -0.252. The molecule has 1 aromatic carbocycles. The van der Waals surface area contributed by atoms with Crippen molar-refractivity contribution in [2.75, 3.05) is 13.1 Å². The van der Waals surface area contributed by atoms with Gasteiger partial charge >= 0.3 is 0 Å². The van der Waals surface area contributed by atoms with Gasteiger partial charge < -0.3 is 16.4 Å². The quantitative estimate of drug-likeness (QED) is 0.598. The zero-order valence-electron chi connectivity index (χ0n) is 16.5. The molecule has 2 amide bonds. The van der Waals surface area contributed by atoms with E-state index in [0.717, 1.165) is 12.0 Å². The number of benzene rings is 1. The third-order valence-corrected chi connectivity index (χ3v) is 5.25. The summed E-state index contributed by atoms with van der Waals surface area (Å²) in [7, 11) is 0. The van der Waals surface area contributed by atoms with Gasteiger partial charge in [0.2, 0.25) is 11.8 Å². The molecule has 4 N–H and O–H groups in total. The molecule has 0 bridgehead atoms. The molecule has 0 spiro atoms. The fourth-order valence-corrected chi connectivity index (χ4v) is 3.43. The minimum absolute atomic E-state index is 0. The molecule has 0 saturated heterocycles. The van der Waals surface area contributed by atoms with Crippen LogP contribution in [0.3, 0.4) is 0 Å². The highest BCUT2D eigenvalue weighted by Gasteiger charge is 2.16. The van der Waals surface area contributed by atoms with Crippen molar-refractivity contribution in [1.82, 2.24) is 10.6 Å². The van der Waals surface area contributed by atoms with Crippen molar-refractivity contribution in [1.29, 1.82) is 0 Å². The molecule has 0 radical (unpaired) electrons. The van der Waals surface area contributed by atoms with Gasteiger partial charge in [0.15, 0.2) is 0 Å². The molecule has 0 heterocycles. The molecule has 2 rings (SSSR count). The second-order valence-electron chi connectivity index (χ2n) is 7.70. The molecule has 1 unspecified atom stereocenters. The van der Waals surface area contributed by atoms with Crippen LogP contribution in [-0.2, 0) is 9.59 Å². The first-order valence-electron chi connectivity index (χ1n) is 9.84. The third kappa shape index (κ3) is 8.31. The monoisotopic (exact) mass is 395 g/mol. The molecule has 0 aliphatic heterocycles. The second kappa shape index (κ2) is 12.0. The van der Waals surface area contributed by atoms with Crippen LogP contribution in [0, 0.1) is 5.92 Å². The Morgan fingerprint density at radius 3 is 2.22 bits per heavy atom. The summed E-state index contributed by atoms with van der Waals surface area (Å²) in [4.78, 5) is 23.7. The third-order valence-electron chi connectivity index (χ3n) is 5.25. The van der Waals surface area contributed by atoms with Crippen LogP contribution in [0.5, 0.6) is 0 Å². The number of nitrogens with two attached hydrogens (primary N) is 1. The van der Waals surface area contributed by atoms with Crippen molar-refractivity contribution in [2.24, 2.45) is 11.7 Å². The van der Waals surface area contributed by atoms with Crippen molar-refractivity contribution >= 4 is 24.2 Å². The lowest BCUT2D eigenvalue weighted by Crippen LogP contribution is -2.39. The van der Waals surface area contributed by atoms with E-state index in [1.54, 1.807) is 0 Å². The van der Waals surface area contributed by atoms with Crippen LogP contribution in [0.15, 0.2) is 24.3 Å². The Balaban J connectivity index is 0.00000364. The Bertz CT molecular complexity index is 584. The van der Waals surface area contributed by atoms with E-state index in [9.17, 15) is 9.59 Å². The van der Waals surface area contributed by atoms with Crippen LogP contribution in [0.25, 0.3) is 0 Å². The molecular formula is C21H34ClN3O2. The van der Waals surface area contributed by atoms with Crippen molar-refractivity contribution in [3.8, 4) is 0 Å². The molecule has 1 saturated carbocycles. The van der Waals surface area contributed by atoms with E-state index in [4.69, 9.17) is 5.73 Å². The number of carbonyl (C=O) groups excluding carboxylic acids is 2. The molecule has 1 aliphatic carbocycles. The number of nitrogens with one attached hydrogen (secondary N) is 2. The molecule has 0 aromatic heterocycles. The maximum absolute atomic E-state index is 11.9. The van der Waals surface area contributed by atoms with E-state index in [2.05, 4.69) is 36.6 Å². The van der Waals surface area contributed by atoms with Gasteiger partial charge in [-0.15, -0.1) is 12.4 Å². The summed E-state index contributed by atoms with van der Waals surface area (Å²) in [5.74, 6) is 0.931. The van der Waals surface area contributed by atoms with Gasteiger partial charge in [0.25, 0.3) is 0 Å². The zero-order chi connectivity index (χ0) is 18.9. The molecule has 1 aliphatic rings. The standard InChI is InChI=1S/C21H33N3O2.ClH/c1-15(2)17-8-10-18(11-9-17)19(22)13-23-21(26)14-24-20(25)12-7-16-5-3-4-6-16;/h8-11,15-16,19H,3-7,12-14,22H2,1-2H3,(H,23,26)(H,24,25);1H. The number of hydrogen-bond acceptors (Lipinski definition) is 3. The van der Waals surface area contributed by atoms with Crippen molar-refractivity contribution < 1.29 is 9.59 Å². The lowest BCUT2D eigenvalue weighted by atomic mass is 9.99. The SMILES string of the molecule is CC(C)c1ccc(C(N)CNC(=O)CNC(=O)CCC2CCCC2)cc1.Cl. The number of rotatable bonds is 9. The first-order chi connectivity index (χ1) is 12.5. The molecule has 5 nitrogen and oxygen atoms in total. The normalized spacial score (nSPS) is 15.3. The van der Waals surface area contributed by atoms with Crippen molar-refractivity contribution in [3.63, 3.8) is 0 Å². The van der Waals surface area contributed by atoms with Gasteiger partial charge in [-0.3, -0.25) is 9.59 Å². The maximum Gasteiger partial charge on any atom is 0.239 e.